The van der Waals surface area contributed by atoms with Crippen molar-refractivity contribution in [2.75, 3.05) is 12.4 Å². The normalized spacial score (nSPS) is 10.4. The standard InChI is InChI=1S/C16H13N3O3/c1-22-11-8-6-10(7-9-11)17-16(21)14-18-13-5-3-2-4-12(13)15(20)19-14/h2-9H,1H3,(H,17,21)(H,18,19,20). The summed E-state index contributed by atoms with van der Waals surface area (Å²) in [4.78, 5) is 30.8. The van der Waals surface area contributed by atoms with E-state index < -0.39 is 5.91 Å². The number of anilines is 1. The minimum Gasteiger partial charge on any atom is -0.497 e. The average molecular weight is 295 g/mol. The molecule has 0 aliphatic heterocycles. The second kappa shape index (κ2) is 5.69. The lowest BCUT2D eigenvalue weighted by Gasteiger charge is -2.06. The maximum Gasteiger partial charge on any atom is 0.291 e. The van der Waals surface area contributed by atoms with Gasteiger partial charge in [-0.25, -0.2) is 4.98 Å². The van der Waals surface area contributed by atoms with Crippen LogP contribution in [0.4, 0.5) is 5.69 Å². The fraction of sp³-hybridized carbons (Fsp3) is 0.0625. The number of aromatic amines is 1. The zero-order chi connectivity index (χ0) is 15.5. The van der Waals surface area contributed by atoms with E-state index >= 15 is 0 Å². The van der Waals surface area contributed by atoms with Crippen LogP contribution in [0.1, 0.15) is 10.6 Å². The zero-order valence-corrected chi connectivity index (χ0v) is 11.8. The molecule has 0 spiro atoms. The van der Waals surface area contributed by atoms with Crippen molar-refractivity contribution in [2.24, 2.45) is 0 Å². The van der Waals surface area contributed by atoms with Gasteiger partial charge in [-0.3, -0.25) is 9.59 Å². The monoisotopic (exact) mass is 295 g/mol. The zero-order valence-electron chi connectivity index (χ0n) is 11.8. The quantitative estimate of drug-likeness (QED) is 0.775. The highest BCUT2D eigenvalue weighted by Crippen LogP contribution is 2.15. The Morgan fingerprint density at radius 2 is 1.86 bits per heavy atom. The molecule has 0 atom stereocenters. The predicted molar refractivity (Wildman–Crippen MR) is 83.3 cm³/mol. The molecule has 2 aromatic carbocycles. The fourth-order valence-electron chi connectivity index (χ4n) is 2.06. The summed E-state index contributed by atoms with van der Waals surface area (Å²) >= 11 is 0. The van der Waals surface area contributed by atoms with E-state index in [2.05, 4.69) is 15.3 Å². The molecular weight excluding hydrogens is 282 g/mol. The first-order chi connectivity index (χ1) is 10.7. The SMILES string of the molecule is COc1ccc(NC(=O)c2nc3ccccc3c(=O)[nH]2)cc1. The molecule has 0 saturated carbocycles. The molecule has 1 aromatic heterocycles. The molecule has 3 aromatic rings. The van der Waals surface area contributed by atoms with Gasteiger partial charge < -0.3 is 15.0 Å². The van der Waals surface area contributed by atoms with Gasteiger partial charge in [0.1, 0.15) is 5.75 Å². The molecule has 0 aliphatic carbocycles. The number of methoxy groups -OCH3 is 1. The summed E-state index contributed by atoms with van der Waals surface area (Å²) in [5.41, 5.74) is 0.721. The Balaban J connectivity index is 1.89. The van der Waals surface area contributed by atoms with E-state index in [9.17, 15) is 9.59 Å². The van der Waals surface area contributed by atoms with E-state index in [0.29, 0.717) is 22.3 Å². The highest BCUT2D eigenvalue weighted by atomic mass is 16.5. The van der Waals surface area contributed by atoms with Crippen LogP contribution in [-0.4, -0.2) is 23.0 Å². The summed E-state index contributed by atoms with van der Waals surface area (Å²) in [5, 5.41) is 3.12. The van der Waals surface area contributed by atoms with Crippen molar-refractivity contribution in [1.82, 2.24) is 9.97 Å². The number of ether oxygens (including phenoxy) is 1. The number of H-pyrrole nitrogens is 1. The van der Waals surface area contributed by atoms with E-state index in [-0.39, 0.29) is 11.4 Å². The van der Waals surface area contributed by atoms with Crippen LogP contribution >= 0.6 is 0 Å². The van der Waals surface area contributed by atoms with Gasteiger partial charge in [-0.05, 0) is 36.4 Å². The van der Waals surface area contributed by atoms with Crippen molar-refractivity contribution in [3.05, 3.63) is 64.7 Å². The van der Waals surface area contributed by atoms with Crippen LogP contribution < -0.4 is 15.6 Å². The summed E-state index contributed by atoms with van der Waals surface area (Å²) in [6, 6.07) is 13.7. The molecular formula is C16H13N3O3. The summed E-state index contributed by atoms with van der Waals surface area (Å²) in [6.07, 6.45) is 0. The molecule has 2 N–H and O–H groups in total. The van der Waals surface area contributed by atoms with Crippen molar-refractivity contribution in [2.45, 2.75) is 0 Å². The van der Waals surface area contributed by atoms with Gasteiger partial charge in [0, 0.05) is 5.69 Å². The van der Waals surface area contributed by atoms with E-state index in [1.807, 2.05) is 0 Å². The Hall–Kier alpha value is -3.15. The van der Waals surface area contributed by atoms with Crippen LogP contribution in [0.25, 0.3) is 10.9 Å². The number of nitrogens with zero attached hydrogens (tertiary/aromatic N) is 1. The Morgan fingerprint density at radius 3 is 2.59 bits per heavy atom. The minimum atomic E-state index is -0.479. The van der Waals surface area contributed by atoms with Crippen LogP contribution in [0, 0.1) is 0 Å². The summed E-state index contributed by atoms with van der Waals surface area (Å²) in [6.45, 7) is 0. The molecule has 0 saturated heterocycles. The Bertz CT molecular complexity index is 885. The fourth-order valence-corrected chi connectivity index (χ4v) is 2.06. The largest absolute Gasteiger partial charge is 0.497 e. The molecule has 1 amide bonds. The molecule has 1 heterocycles. The van der Waals surface area contributed by atoms with E-state index in [0.717, 1.165) is 0 Å². The Kier molecular flexibility index (Phi) is 3.57. The molecule has 6 heteroatoms. The third-order valence-corrected chi connectivity index (χ3v) is 3.18. The van der Waals surface area contributed by atoms with Crippen molar-refractivity contribution in [3.63, 3.8) is 0 Å². The average Bonchev–Trinajstić information content (AvgIpc) is 2.55. The number of amides is 1. The number of aromatic nitrogens is 2. The smallest absolute Gasteiger partial charge is 0.291 e. The van der Waals surface area contributed by atoms with Crippen LogP contribution in [0.5, 0.6) is 5.75 Å². The molecule has 6 nitrogen and oxygen atoms in total. The third kappa shape index (κ3) is 2.67. The highest BCUT2D eigenvalue weighted by molar-refractivity contribution is 6.02. The second-order valence-electron chi connectivity index (χ2n) is 4.61. The number of hydrogen-bond acceptors (Lipinski definition) is 4. The van der Waals surface area contributed by atoms with Crippen molar-refractivity contribution >= 4 is 22.5 Å². The highest BCUT2D eigenvalue weighted by Gasteiger charge is 2.11. The molecule has 0 aliphatic rings. The van der Waals surface area contributed by atoms with Gasteiger partial charge in [0.25, 0.3) is 11.5 Å². The Labute approximate surface area is 125 Å². The third-order valence-electron chi connectivity index (χ3n) is 3.18. The number of carbonyl (C=O) groups excluding carboxylic acids is 1. The second-order valence-corrected chi connectivity index (χ2v) is 4.61. The first kappa shape index (κ1) is 13.8. The molecule has 3 rings (SSSR count). The van der Waals surface area contributed by atoms with Crippen LogP contribution in [0.3, 0.4) is 0 Å². The van der Waals surface area contributed by atoms with Gasteiger partial charge in [-0.15, -0.1) is 0 Å². The van der Waals surface area contributed by atoms with E-state index in [1.165, 1.54) is 0 Å². The van der Waals surface area contributed by atoms with Crippen LogP contribution in [0.15, 0.2) is 53.3 Å². The molecule has 0 fully saturated rings. The number of nitrogens with one attached hydrogen (secondary N) is 2. The van der Waals surface area contributed by atoms with E-state index in [4.69, 9.17) is 4.74 Å². The van der Waals surface area contributed by atoms with Gasteiger partial charge in [0.15, 0.2) is 5.82 Å². The molecule has 110 valence electrons. The first-order valence-corrected chi connectivity index (χ1v) is 6.62. The maximum absolute atomic E-state index is 12.2. The molecule has 0 unspecified atom stereocenters. The maximum atomic E-state index is 12.2. The molecule has 0 radical (unpaired) electrons. The van der Waals surface area contributed by atoms with Gasteiger partial charge in [0.05, 0.1) is 18.0 Å². The van der Waals surface area contributed by atoms with E-state index in [1.54, 1.807) is 55.6 Å². The summed E-state index contributed by atoms with van der Waals surface area (Å²) in [5.74, 6) is 0.183. The lowest BCUT2D eigenvalue weighted by Crippen LogP contribution is -2.21. The predicted octanol–water partition coefficient (Wildman–Crippen LogP) is 2.18. The van der Waals surface area contributed by atoms with Gasteiger partial charge in [0.2, 0.25) is 0 Å². The lowest BCUT2D eigenvalue weighted by molar-refractivity contribution is 0.101. The van der Waals surface area contributed by atoms with Gasteiger partial charge >= 0.3 is 0 Å². The van der Waals surface area contributed by atoms with Crippen molar-refractivity contribution in [3.8, 4) is 5.75 Å². The number of para-hydroxylation sites is 1. The van der Waals surface area contributed by atoms with Gasteiger partial charge in [-0.1, -0.05) is 12.1 Å². The number of hydrogen-bond donors (Lipinski definition) is 2. The number of fused-ring (bicyclic) bond motifs is 1. The minimum absolute atomic E-state index is 0.0282. The topological polar surface area (TPSA) is 84.1 Å². The van der Waals surface area contributed by atoms with Crippen LogP contribution in [0.2, 0.25) is 0 Å². The summed E-state index contributed by atoms with van der Waals surface area (Å²) in [7, 11) is 1.57. The van der Waals surface area contributed by atoms with Gasteiger partial charge in [-0.2, -0.15) is 0 Å². The number of benzene rings is 2. The number of carbonyl (C=O) groups is 1. The first-order valence-electron chi connectivity index (χ1n) is 6.62. The lowest BCUT2D eigenvalue weighted by atomic mass is 10.2. The number of rotatable bonds is 3. The summed E-state index contributed by atoms with van der Waals surface area (Å²) < 4.78 is 5.05. The van der Waals surface area contributed by atoms with Crippen LogP contribution in [-0.2, 0) is 0 Å². The Morgan fingerprint density at radius 1 is 1.14 bits per heavy atom. The van der Waals surface area contributed by atoms with Crippen molar-refractivity contribution in [1.29, 1.82) is 0 Å². The molecule has 22 heavy (non-hydrogen) atoms. The van der Waals surface area contributed by atoms with Crippen molar-refractivity contribution < 1.29 is 9.53 Å². The molecule has 0 bridgehead atoms.